The van der Waals surface area contributed by atoms with Crippen molar-refractivity contribution < 1.29 is 8.42 Å². The Morgan fingerprint density at radius 3 is 2.68 bits per heavy atom. The molecule has 0 saturated heterocycles. The van der Waals surface area contributed by atoms with Crippen molar-refractivity contribution in [1.29, 1.82) is 0 Å². The topological polar surface area (TPSA) is 59.1 Å². The summed E-state index contributed by atoms with van der Waals surface area (Å²) < 4.78 is 26.5. The van der Waals surface area contributed by atoms with Crippen molar-refractivity contribution in [1.82, 2.24) is 9.71 Å². The van der Waals surface area contributed by atoms with Gasteiger partial charge in [0.25, 0.3) is 0 Å². The molecule has 2 aromatic rings. The fourth-order valence-electron chi connectivity index (χ4n) is 1.38. The number of nitrogens with zero attached hydrogens (tertiary/aromatic N) is 1. The number of nitrogens with one attached hydrogen (secondary N) is 1. The third kappa shape index (κ3) is 3.67. The van der Waals surface area contributed by atoms with Crippen LogP contribution in [0.3, 0.4) is 0 Å². The molecule has 0 bridgehead atoms. The van der Waals surface area contributed by atoms with Crippen LogP contribution in [0.25, 0.3) is 0 Å². The maximum absolute atomic E-state index is 12.0. The Hall–Kier alpha value is -0.660. The summed E-state index contributed by atoms with van der Waals surface area (Å²) in [7, 11) is -3.64. The zero-order valence-corrected chi connectivity index (χ0v) is 13.0. The molecule has 4 nitrogen and oxygen atoms in total. The summed E-state index contributed by atoms with van der Waals surface area (Å²) in [5, 5.41) is 0.186. The molecule has 0 aromatic carbocycles. The number of aromatic nitrogens is 1. The SMILES string of the molecule is Cc1ccc(CNS(=O)(=O)c2cnc(Cl)c(Cl)c2)s1. The van der Waals surface area contributed by atoms with Crippen LogP contribution >= 0.6 is 34.5 Å². The van der Waals surface area contributed by atoms with Gasteiger partial charge in [-0.15, -0.1) is 11.3 Å². The van der Waals surface area contributed by atoms with Crippen LogP contribution < -0.4 is 4.72 Å². The maximum atomic E-state index is 12.0. The molecule has 0 aliphatic rings. The second-order valence-corrected chi connectivity index (χ2v) is 7.69. The standard InChI is InChI=1S/C11H10Cl2N2O2S2/c1-7-2-3-8(18-7)5-15-19(16,17)9-4-10(12)11(13)14-6-9/h2-4,6,15H,5H2,1H3. The first-order valence-corrected chi connectivity index (χ1v) is 8.30. The molecule has 0 aliphatic carbocycles. The molecule has 102 valence electrons. The van der Waals surface area contributed by atoms with E-state index in [4.69, 9.17) is 23.2 Å². The van der Waals surface area contributed by atoms with Gasteiger partial charge in [-0.1, -0.05) is 23.2 Å². The molecule has 0 atom stereocenters. The van der Waals surface area contributed by atoms with E-state index in [2.05, 4.69) is 9.71 Å². The van der Waals surface area contributed by atoms with E-state index in [0.717, 1.165) is 9.75 Å². The first-order chi connectivity index (χ1) is 8.88. The van der Waals surface area contributed by atoms with Crippen LogP contribution in [0.5, 0.6) is 0 Å². The van der Waals surface area contributed by atoms with Crippen molar-refractivity contribution in [3.05, 3.63) is 44.3 Å². The molecular formula is C11H10Cl2N2O2S2. The lowest BCUT2D eigenvalue weighted by atomic mass is 10.4. The average Bonchev–Trinajstić information content (AvgIpc) is 2.76. The van der Waals surface area contributed by atoms with E-state index in [-0.39, 0.29) is 21.6 Å². The van der Waals surface area contributed by atoms with Gasteiger partial charge in [-0.25, -0.2) is 18.1 Å². The number of pyridine rings is 1. The molecule has 1 N–H and O–H groups in total. The molecule has 2 rings (SSSR count). The van der Waals surface area contributed by atoms with Gasteiger partial charge in [0.1, 0.15) is 10.0 Å². The number of hydrogen-bond acceptors (Lipinski definition) is 4. The number of thiophene rings is 1. The molecule has 0 fully saturated rings. The monoisotopic (exact) mass is 336 g/mol. The molecule has 0 radical (unpaired) electrons. The quantitative estimate of drug-likeness (QED) is 0.872. The predicted molar refractivity (Wildman–Crippen MR) is 77.3 cm³/mol. The fourth-order valence-corrected chi connectivity index (χ4v) is 3.61. The van der Waals surface area contributed by atoms with Crippen molar-refractivity contribution in [2.45, 2.75) is 18.4 Å². The van der Waals surface area contributed by atoms with Gasteiger partial charge in [0.15, 0.2) is 0 Å². The second-order valence-electron chi connectivity index (χ2n) is 3.78. The van der Waals surface area contributed by atoms with E-state index in [9.17, 15) is 8.42 Å². The minimum Gasteiger partial charge on any atom is -0.242 e. The van der Waals surface area contributed by atoms with Crippen LogP contribution in [-0.4, -0.2) is 13.4 Å². The minimum absolute atomic E-state index is 0.00446. The number of sulfonamides is 1. The minimum atomic E-state index is -3.64. The van der Waals surface area contributed by atoms with Gasteiger partial charge in [-0.05, 0) is 25.1 Å². The highest BCUT2D eigenvalue weighted by atomic mass is 35.5. The van der Waals surface area contributed by atoms with Crippen LogP contribution in [0.1, 0.15) is 9.75 Å². The van der Waals surface area contributed by atoms with E-state index in [1.165, 1.54) is 23.6 Å². The van der Waals surface area contributed by atoms with Gasteiger partial charge < -0.3 is 0 Å². The molecule has 0 amide bonds. The van der Waals surface area contributed by atoms with Gasteiger partial charge in [0, 0.05) is 22.5 Å². The molecule has 8 heteroatoms. The Kier molecular flexibility index (Phi) is 4.47. The van der Waals surface area contributed by atoms with Crippen LogP contribution in [0.2, 0.25) is 10.2 Å². The zero-order valence-electron chi connectivity index (χ0n) is 9.85. The molecule has 0 aliphatic heterocycles. The van der Waals surface area contributed by atoms with Gasteiger partial charge in [0.05, 0.1) is 5.02 Å². The number of halogens is 2. The second kappa shape index (κ2) is 5.76. The highest BCUT2D eigenvalue weighted by Gasteiger charge is 2.16. The average molecular weight is 337 g/mol. The summed E-state index contributed by atoms with van der Waals surface area (Å²) in [4.78, 5) is 5.79. The summed E-state index contributed by atoms with van der Waals surface area (Å²) in [6.07, 6.45) is 1.18. The van der Waals surface area contributed by atoms with E-state index in [0.29, 0.717) is 0 Å². The summed E-state index contributed by atoms with van der Waals surface area (Å²) in [5.74, 6) is 0. The van der Waals surface area contributed by atoms with Crippen molar-refractivity contribution in [3.8, 4) is 0 Å². The first-order valence-electron chi connectivity index (χ1n) is 5.24. The van der Waals surface area contributed by atoms with Crippen molar-refractivity contribution in [3.63, 3.8) is 0 Å². The highest BCUT2D eigenvalue weighted by molar-refractivity contribution is 7.89. The van der Waals surface area contributed by atoms with E-state index >= 15 is 0 Å². The lowest BCUT2D eigenvalue weighted by Crippen LogP contribution is -2.23. The lowest BCUT2D eigenvalue weighted by Gasteiger charge is -2.06. The van der Waals surface area contributed by atoms with Gasteiger partial charge in [-0.2, -0.15) is 0 Å². The fraction of sp³-hybridized carbons (Fsp3) is 0.182. The molecule has 2 heterocycles. The Morgan fingerprint density at radius 2 is 2.11 bits per heavy atom. The third-order valence-electron chi connectivity index (χ3n) is 2.31. The first kappa shape index (κ1) is 14.7. The molecule has 0 spiro atoms. The van der Waals surface area contributed by atoms with Gasteiger partial charge in [-0.3, -0.25) is 0 Å². The van der Waals surface area contributed by atoms with E-state index in [1.54, 1.807) is 0 Å². The van der Waals surface area contributed by atoms with E-state index in [1.807, 2.05) is 19.1 Å². The molecule has 0 saturated carbocycles. The number of aryl methyl sites for hydroxylation is 1. The lowest BCUT2D eigenvalue weighted by molar-refractivity contribution is 0.581. The van der Waals surface area contributed by atoms with Gasteiger partial charge in [0.2, 0.25) is 10.0 Å². The van der Waals surface area contributed by atoms with Crippen molar-refractivity contribution in [2.24, 2.45) is 0 Å². The van der Waals surface area contributed by atoms with Crippen LogP contribution in [0, 0.1) is 6.92 Å². The Labute approximate surface area is 125 Å². The smallest absolute Gasteiger partial charge is 0.242 e. The van der Waals surface area contributed by atoms with Crippen molar-refractivity contribution in [2.75, 3.05) is 0 Å². The highest BCUT2D eigenvalue weighted by Crippen LogP contribution is 2.22. The maximum Gasteiger partial charge on any atom is 0.242 e. The Balaban J connectivity index is 2.16. The molecular weight excluding hydrogens is 327 g/mol. The number of rotatable bonds is 4. The molecule has 2 aromatic heterocycles. The predicted octanol–water partition coefficient (Wildman–Crippen LogP) is 3.24. The van der Waals surface area contributed by atoms with Crippen LogP contribution in [-0.2, 0) is 16.6 Å². The molecule has 0 unspecified atom stereocenters. The summed E-state index contributed by atoms with van der Waals surface area (Å²) in [5.41, 5.74) is 0. The van der Waals surface area contributed by atoms with E-state index < -0.39 is 10.0 Å². The zero-order chi connectivity index (χ0) is 14.0. The summed E-state index contributed by atoms with van der Waals surface area (Å²) in [6.45, 7) is 2.20. The Bertz CT molecular complexity index is 698. The molecule has 19 heavy (non-hydrogen) atoms. The van der Waals surface area contributed by atoms with Gasteiger partial charge >= 0.3 is 0 Å². The van der Waals surface area contributed by atoms with Crippen LogP contribution in [0.4, 0.5) is 0 Å². The summed E-state index contributed by atoms with van der Waals surface area (Å²) in [6, 6.07) is 5.10. The number of hydrogen-bond donors (Lipinski definition) is 1. The van der Waals surface area contributed by atoms with Crippen molar-refractivity contribution >= 4 is 44.6 Å². The normalized spacial score (nSPS) is 11.7. The van der Waals surface area contributed by atoms with Crippen LogP contribution in [0.15, 0.2) is 29.3 Å². The Morgan fingerprint density at radius 1 is 1.37 bits per heavy atom. The third-order valence-corrected chi connectivity index (χ3v) is 5.37. The summed E-state index contributed by atoms with van der Waals surface area (Å²) >= 11 is 12.9. The largest absolute Gasteiger partial charge is 0.242 e.